The Kier molecular flexibility index (Phi) is 5.81. The Labute approximate surface area is 163 Å². The number of rotatable bonds is 7. The minimum atomic E-state index is -3.56. The number of carbonyl (C=O) groups is 1. The lowest BCUT2D eigenvalue weighted by Crippen LogP contribution is -2.30. The lowest BCUT2D eigenvalue weighted by molar-refractivity contribution is 0.102. The molecule has 0 atom stereocenters. The van der Waals surface area contributed by atoms with Gasteiger partial charge in [-0.1, -0.05) is 13.8 Å². The molecule has 0 fully saturated rings. The van der Waals surface area contributed by atoms with Gasteiger partial charge in [-0.3, -0.25) is 9.36 Å². The fraction of sp³-hybridized carbons (Fsp3) is 0.222. The quantitative estimate of drug-likeness (QED) is 0.649. The van der Waals surface area contributed by atoms with Crippen LogP contribution in [0.5, 0.6) is 0 Å². The second kappa shape index (κ2) is 8.28. The zero-order valence-corrected chi connectivity index (χ0v) is 16.3. The van der Waals surface area contributed by atoms with Gasteiger partial charge in [0.1, 0.15) is 24.3 Å². The number of amides is 1. The number of hydrogen-bond acceptors (Lipinski definition) is 6. The van der Waals surface area contributed by atoms with E-state index < -0.39 is 15.9 Å². The number of nitrogens with zero attached hydrogens (tertiary/aromatic N) is 5. The van der Waals surface area contributed by atoms with Gasteiger partial charge in [-0.2, -0.15) is 4.31 Å². The van der Waals surface area contributed by atoms with Crippen molar-refractivity contribution >= 4 is 21.7 Å². The highest BCUT2D eigenvalue weighted by molar-refractivity contribution is 7.89. The maximum Gasteiger partial charge on any atom is 0.256 e. The van der Waals surface area contributed by atoms with Crippen molar-refractivity contribution in [1.82, 2.24) is 23.8 Å². The Hall–Kier alpha value is -3.11. The molecule has 9 nitrogen and oxygen atoms in total. The number of imidazole rings is 1. The highest BCUT2D eigenvalue weighted by atomic mass is 32.2. The molecular formula is C18H20N6O3S. The predicted molar refractivity (Wildman–Crippen MR) is 104 cm³/mol. The van der Waals surface area contributed by atoms with E-state index in [0.29, 0.717) is 30.3 Å². The van der Waals surface area contributed by atoms with Crippen molar-refractivity contribution in [3.63, 3.8) is 0 Å². The fourth-order valence-corrected chi connectivity index (χ4v) is 4.09. The van der Waals surface area contributed by atoms with Crippen molar-refractivity contribution < 1.29 is 13.2 Å². The molecule has 0 aliphatic carbocycles. The summed E-state index contributed by atoms with van der Waals surface area (Å²) in [4.78, 5) is 24.7. The number of benzene rings is 1. The summed E-state index contributed by atoms with van der Waals surface area (Å²) in [5.74, 6) is 0.481. The summed E-state index contributed by atoms with van der Waals surface area (Å²) >= 11 is 0. The number of anilines is 1. The van der Waals surface area contributed by atoms with Gasteiger partial charge in [0.15, 0.2) is 0 Å². The monoisotopic (exact) mass is 400 g/mol. The SMILES string of the molecule is CCN(CC)S(=O)(=O)c1ccc(C(=O)Nc2cc(-n3ccnc3)ncn2)cc1. The number of hydrogen-bond donors (Lipinski definition) is 1. The molecule has 0 aliphatic heterocycles. The van der Waals surface area contributed by atoms with Gasteiger partial charge >= 0.3 is 0 Å². The Morgan fingerprint density at radius 1 is 1.14 bits per heavy atom. The third-order valence-corrected chi connectivity index (χ3v) is 6.19. The van der Waals surface area contributed by atoms with Crippen LogP contribution < -0.4 is 5.32 Å². The lowest BCUT2D eigenvalue weighted by Gasteiger charge is -2.18. The summed E-state index contributed by atoms with van der Waals surface area (Å²) in [5.41, 5.74) is 0.321. The summed E-state index contributed by atoms with van der Waals surface area (Å²) in [6.45, 7) is 4.33. The molecule has 1 aromatic carbocycles. The summed E-state index contributed by atoms with van der Waals surface area (Å²) in [6, 6.07) is 7.42. The van der Waals surface area contributed by atoms with Crippen molar-refractivity contribution in [1.29, 1.82) is 0 Å². The molecule has 2 aromatic heterocycles. The first-order valence-electron chi connectivity index (χ1n) is 8.67. The van der Waals surface area contributed by atoms with Gasteiger partial charge in [-0.25, -0.2) is 23.4 Å². The van der Waals surface area contributed by atoms with E-state index in [1.165, 1.54) is 34.9 Å². The van der Waals surface area contributed by atoms with Crippen LogP contribution in [0.15, 0.2) is 60.3 Å². The second-order valence-corrected chi connectivity index (χ2v) is 7.74. The molecule has 1 amide bonds. The van der Waals surface area contributed by atoms with Crippen LogP contribution in [0.25, 0.3) is 5.82 Å². The van der Waals surface area contributed by atoms with E-state index >= 15 is 0 Å². The highest BCUT2D eigenvalue weighted by Crippen LogP contribution is 2.17. The van der Waals surface area contributed by atoms with Gasteiger partial charge in [0, 0.05) is 37.1 Å². The van der Waals surface area contributed by atoms with Crippen molar-refractivity contribution in [3.8, 4) is 5.82 Å². The molecule has 0 bridgehead atoms. The minimum absolute atomic E-state index is 0.150. The first-order chi connectivity index (χ1) is 13.5. The van der Waals surface area contributed by atoms with Crippen molar-refractivity contribution in [2.45, 2.75) is 18.7 Å². The lowest BCUT2D eigenvalue weighted by atomic mass is 10.2. The summed E-state index contributed by atoms with van der Waals surface area (Å²) in [5, 5.41) is 2.68. The van der Waals surface area contributed by atoms with Crippen molar-refractivity contribution in [2.24, 2.45) is 0 Å². The molecule has 146 valence electrons. The third kappa shape index (κ3) is 4.07. The summed E-state index contributed by atoms with van der Waals surface area (Å²) < 4.78 is 28.1. The van der Waals surface area contributed by atoms with Crippen LogP contribution in [0.4, 0.5) is 5.82 Å². The topological polar surface area (TPSA) is 110 Å². The van der Waals surface area contributed by atoms with Crippen molar-refractivity contribution in [2.75, 3.05) is 18.4 Å². The molecule has 2 heterocycles. The van der Waals surface area contributed by atoms with Crippen LogP contribution in [0.1, 0.15) is 24.2 Å². The van der Waals surface area contributed by atoms with E-state index in [0.717, 1.165) is 0 Å². The van der Waals surface area contributed by atoms with E-state index in [-0.39, 0.29) is 4.90 Å². The minimum Gasteiger partial charge on any atom is -0.306 e. The Bertz CT molecular complexity index is 1050. The third-order valence-electron chi connectivity index (χ3n) is 4.12. The van der Waals surface area contributed by atoms with Crippen LogP contribution in [-0.4, -0.2) is 51.2 Å². The van der Waals surface area contributed by atoms with E-state index in [1.807, 2.05) is 0 Å². The van der Waals surface area contributed by atoms with Gasteiger partial charge < -0.3 is 5.32 Å². The van der Waals surface area contributed by atoms with Gasteiger partial charge in [0.25, 0.3) is 5.91 Å². The fourth-order valence-electron chi connectivity index (χ4n) is 2.63. The molecule has 10 heteroatoms. The van der Waals surface area contributed by atoms with E-state index in [2.05, 4.69) is 20.3 Å². The maximum atomic E-state index is 12.5. The zero-order valence-electron chi connectivity index (χ0n) is 15.5. The number of aromatic nitrogens is 4. The summed E-state index contributed by atoms with van der Waals surface area (Å²) in [7, 11) is -3.56. The molecule has 1 N–H and O–H groups in total. The molecule has 0 unspecified atom stereocenters. The molecule has 3 rings (SSSR count). The van der Waals surface area contributed by atoms with Gasteiger partial charge in [0.2, 0.25) is 10.0 Å². The molecule has 0 saturated heterocycles. The number of sulfonamides is 1. The molecular weight excluding hydrogens is 380 g/mol. The van der Waals surface area contributed by atoms with Crippen LogP contribution in [0.2, 0.25) is 0 Å². The molecule has 28 heavy (non-hydrogen) atoms. The average molecular weight is 400 g/mol. The first kappa shape index (κ1) is 19.6. The van der Waals surface area contributed by atoms with Crippen LogP contribution in [0, 0.1) is 0 Å². The average Bonchev–Trinajstić information content (AvgIpc) is 3.24. The standard InChI is InChI=1S/C18H20N6O3S/c1-3-24(4-2)28(26,27)15-7-5-14(6-8-15)18(25)22-16-11-17(21-12-20-16)23-10-9-19-13-23/h5-13H,3-4H2,1-2H3,(H,20,21,22,25). The highest BCUT2D eigenvalue weighted by Gasteiger charge is 2.21. The van der Waals surface area contributed by atoms with Crippen LogP contribution in [0.3, 0.4) is 0 Å². The van der Waals surface area contributed by atoms with Gasteiger partial charge in [0.05, 0.1) is 4.90 Å². The molecule has 0 aliphatic rings. The molecule has 0 radical (unpaired) electrons. The smallest absolute Gasteiger partial charge is 0.256 e. The van der Waals surface area contributed by atoms with Crippen molar-refractivity contribution in [3.05, 3.63) is 60.9 Å². The van der Waals surface area contributed by atoms with Gasteiger partial charge in [-0.15, -0.1) is 0 Å². The van der Waals surface area contributed by atoms with Crippen LogP contribution in [-0.2, 0) is 10.0 Å². The first-order valence-corrected chi connectivity index (χ1v) is 10.1. The largest absolute Gasteiger partial charge is 0.306 e. The van der Waals surface area contributed by atoms with E-state index in [4.69, 9.17) is 0 Å². The summed E-state index contributed by atoms with van der Waals surface area (Å²) in [6.07, 6.45) is 6.27. The normalized spacial score (nSPS) is 11.5. The molecule has 0 spiro atoms. The van der Waals surface area contributed by atoms with Gasteiger partial charge in [-0.05, 0) is 24.3 Å². The van der Waals surface area contributed by atoms with Crippen LogP contribution >= 0.6 is 0 Å². The number of carbonyl (C=O) groups excluding carboxylic acids is 1. The zero-order chi connectivity index (χ0) is 20.1. The Morgan fingerprint density at radius 2 is 1.86 bits per heavy atom. The van der Waals surface area contributed by atoms with E-state index in [9.17, 15) is 13.2 Å². The Morgan fingerprint density at radius 3 is 2.46 bits per heavy atom. The predicted octanol–water partition coefficient (Wildman–Crippen LogP) is 1.95. The second-order valence-electron chi connectivity index (χ2n) is 5.80. The van der Waals surface area contributed by atoms with E-state index in [1.54, 1.807) is 43.2 Å². The number of nitrogens with one attached hydrogen (secondary N) is 1. The molecule has 0 saturated carbocycles. The Balaban J connectivity index is 1.76. The maximum absolute atomic E-state index is 12.5. The molecule has 3 aromatic rings.